The second-order valence-electron chi connectivity index (χ2n) is 8.12. The number of hydrogen-bond donors (Lipinski definition) is 2. The molecule has 0 spiro atoms. The predicted octanol–water partition coefficient (Wildman–Crippen LogP) is 4.88. The molecular weight excluding hydrogens is 544 g/mol. The van der Waals surface area contributed by atoms with Crippen LogP contribution in [0, 0.1) is 18.3 Å². The fourth-order valence-corrected chi connectivity index (χ4v) is 5.32. The Balaban J connectivity index is 1.42. The van der Waals surface area contributed by atoms with Crippen molar-refractivity contribution < 1.29 is 19.1 Å². The van der Waals surface area contributed by atoms with Gasteiger partial charge in [0.1, 0.15) is 16.8 Å². The fourth-order valence-electron chi connectivity index (χ4n) is 3.70. The predicted molar refractivity (Wildman–Crippen MR) is 140 cm³/mol. The van der Waals surface area contributed by atoms with Crippen molar-refractivity contribution in [2.45, 2.75) is 32.6 Å². The van der Waals surface area contributed by atoms with Crippen LogP contribution in [0.15, 0.2) is 52.0 Å². The highest BCUT2D eigenvalue weighted by atomic mass is 79.9. The van der Waals surface area contributed by atoms with Gasteiger partial charge in [0.2, 0.25) is 0 Å². The third kappa shape index (κ3) is 5.87. The minimum Gasteiger partial charge on any atom is -0.422 e. The number of nitriles is 1. The Bertz CT molecular complexity index is 1410. The zero-order valence-corrected chi connectivity index (χ0v) is 21.7. The second kappa shape index (κ2) is 11.3. The van der Waals surface area contributed by atoms with Gasteiger partial charge in [-0.15, -0.1) is 11.3 Å². The number of rotatable bonds is 5. The number of hydrazone groups is 1. The number of anilines is 1. The van der Waals surface area contributed by atoms with Crippen LogP contribution in [0.4, 0.5) is 5.00 Å². The Kier molecular flexibility index (Phi) is 7.93. The molecule has 2 aromatic carbocycles. The molecule has 1 aliphatic rings. The Morgan fingerprint density at radius 2 is 1.86 bits per heavy atom. The van der Waals surface area contributed by atoms with Gasteiger partial charge in [-0.05, 0) is 68.5 Å². The first kappa shape index (κ1) is 25.3. The van der Waals surface area contributed by atoms with Crippen molar-refractivity contribution in [3.05, 3.63) is 79.6 Å². The van der Waals surface area contributed by atoms with E-state index in [4.69, 9.17) is 4.74 Å². The summed E-state index contributed by atoms with van der Waals surface area (Å²) in [6, 6.07) is 14.1. The van der Waals surface area contributed by atoms with Crippen molar-refractivity contribution in [2.24, 2.45) is 5.10 Å². The molecule has 0 bridgehead atoms. The van der Waals surface area contributed by atoms with E-state index in [2.05, 4.69) is 37.8 Å². The Hall–Kier alpha value is -3.81. The van der Waals surface area contributed by atoms with Crippen LogP contribution in [0.3, 0.4) is 0 Å². The average molecular weight is 565 g/mol. The van der Waals surface area contributed by atoms with Crippen LogP contribution in [0.25, 0.3) is 0 Å². The smallest absolute Gasteiger partial charge is 0.343 e. The number of benzene rings is 2. The summed E-state index contributed by atoms with van der Waals surface area (Å²) in [6.07, 6.45) is 4.98. The maximum Gasteiger partial charge on any atom is 0.343 e. The first-order valence-corrected chi connectivity index (χ1v) is 12.7. The number of nitrogens with one attached hydrogen (secondary N) is 2. The first-order valence-electron chi connectivity index (χ1n) is 11.1. The highest BCUT2D eigenvalue weighted by Gasteiger charge is 2.23. The third-order valence-electron chi connectivity index (χ3n) is 5.55. The summed E-state index contributed by atoms with van der Waals surface area (Å²) in [5, 5.41) is 16.3. The van der Waals surface area contributed by atoms with Crippen molar-refractivity contribution in [1.29, 1.82) is 5.26 Å². The molecule has 1 aromatic heterocycles. The van der Waals surface area contributed by atoms with Crippen molar-refractivity contribution in [2.75, 3.05) is 5.32 Å². The van der Waals surface area contributed by atoms with Crippen LogP contribution in [0.5, 0.6) is 5.75 Å². The lowest BCUT2D eigenvalue weighted by Crippen LogP contribution is -2.32. The molecule has 3 aromatic rings. The van der Waals surface area contributed by atoms with Gasteiger partial charge < -0.3 is 10.1 Å². The summed E-state index contributed by atoms with van der Waals surface area (Å²) in [4.78, 5) is 38.3. The molecule has 4 rings (SSSR count). The topological polar surface area (TPSA) is 121 Å². The Morgan fingerprint density at radius 3 is 2.61 bits per heavy atom. The van der Waals surface area contributed by atoms with Crippen molar-refractivity contribution in [3.63, 3.8) is 0 Å². The van der Waals surface area contributed by atoms with Crippen molar-refractivity contribution in [3.8, 4) is 11.8 Å². The standard InChI is InChI=1S/C26H21BrN4O4S/c1-15-6-8-16(9-7-15)26(34)35-21-11-10-18(27)12-17(21)14-29-31-24(33)23(32)30-25-20(13-28)19-4-2-3-5-22(19)36-25/h6-12,14H,2-5H2,1H3,(H,30,32)(H,31,33)/b29-14+. The SMILES string of the molecule is Cc1ccc(C(=O)Oc2ccc(Br)cc2/C=N/NC(=O)C(=O)Nc2sc3c(c2C#N)CCCC3)cc1. The maximum absolute atomic E-state index is 12.5. The molecule has 0 aliphatic heterocycles. The molecule has 0 saturated heterocycles. The molecule has 0 radical (unpaired) electrons. The van der Waals surface area contributed by atoms with E-state index in [1.165, 1.54) is 17.6 Å². The van der Waals surface area contributed by atoms with Gasteiger partial charge in [-0.2, -0.15) is 10.4 Å². The molecule has 2 N–H and O–H groups in total. The molecule has 0 saturated carbocycles. The lowest BCUT2D eigenvalue weighted by molar-refractivity contribution is -0.136. The average Bonchev–Trinajstić information content (AvgIpc) is 3.22. The van der Waals surface area contributed by atoms with Crippen molar-refractivity contribution in [1.82, 2.24) is 5.43 Å². The van der Waals surface area contributed by atoms with Crippen LogP contribution in [-0.4, -0.2) is 24.0 Å². The highest BCUT2D eigenvalue weighted by Crippen LogP contribution is 2.37. The van der Waals surface area contributed by atoms with Gasteiger partial charge in [-0.25, -0.2) is 10.2 Å². The number of ether oxygens (including phenoxy) is 1. The number of carbonyl (C=O) groups excluding carboxylic acids is 3. The Morgan fingerprint density at radius 1 is 1.11 bits per heavy atom. The highest BCUT2D eigenvalue weighted by molar-refractivity contribution is 9.10. The molecule has 36 heavy (non-hydrogen) atoms. The van der Waals surface area contributed by atoms with E-state index in [0.29, 0.717) is 26.2 Å². The van der Waals surface area contributed by atoms with Crippen LogP contribution in [-0.2, 0) is 22.4 Å². The van der Waals surface area contributed by atoms with Crippen LogP contribution < -0.4 is 15.5 Å². The fraction of sp³-hybridized carbons (Fsp3) is 0.192. The lowest BCUT2D eigenvalue weighted by Gasteiger charge is -2.09. The first-order chi connectivity index (χ1) is 17.4. The monoisotopic (exact) mass is 564 g/mol. The molecule has 8 nitrogen and oxygen atoms in total. The number of fused-ring (bicyclic) bond motifs is 1. The summed E-state index contributed by atoms with van der Waals surface area (Å²) in [7, 11) is 0. The number of carbonyl (C=O) groups is 3. The normalized spacial score (nSPS) is 12.5. The van der Waals surface area contributed by atoms with E-state index in [-0.39, 0.29) is 5.75 Å². The maximum atomic E-state index is 12.5. The van der Waals surface area contributed by atoms with Gasteiger partial charge >= 0.3 is 17.8 Å². The molecule has 0 fully saturated rings. The largest absolute Gasteiger partial charge is 0.422 e. The number of halogens is 1. The number of nitrogens with zero attached hydrogens (tertiary/aromatic N) is 2. The number of aryl methyl sites for hydroxylation is 2. The third-order valence-corrected chi connectivity index (χ3v) is 7.25. The molecule has 0 unspecified atom stereocenters. The number of thiophene rings is 1. The molecule has 10 heteroatoms. The summed E-state index contributed by atoms with van der Waals surface area (Å²) < 4.78 is 6.21. The van der Waals surface area contributed by atoms with E-state index >= 15 is 0 Å². The summed E-state index contributed by atoms with van der Waals surface area (Å²) >= 11 is 4.69. The minimum atomic E-state index is -0.991. The number of hydrogen-bond acceptors (Lipinski definition) is 7. The quantitative estimate of drug-likeness (QED) is 0.150. The zero-order valence-electron chi connectivity index (χ0n) is 19.3. The van der Waals surface area contributed by atoms with Crippen LogP contribution >= 0.6 is 27.3 Å². The molecule has 1 aliphatic carbocycles. The van der Waals surface area contributed by atoms with E-state index in [0.717, 1.165) is 41.7 Å². The summed E-state index contributed by atoms with van der Waals surface area (Å²) in [5.74, 6) is -2.23. The summed E-state index contributed by atoms with van der Waals surface area (Å²) in [6.45, 7) is 1.92. The Labute approximate surface area is 220 Å². The van der Waals surface area contributed by atoms with Gasteiger partial charge in [0, 0.05) is 14.9 Å². The van der Waals surface area contributed by atoms with E-state index in [9.17, 15) is 19.6 Å². The molecule has 1 heterocycles. The van der Waals surface area contributed by atoms with E-state index < -0.39 is 17.8 Å². The van der Waals surface area contributed by atoms with E-state index in [1.54, 1.807) is 30.3 Å². The van der Waals surface area contributed by atoms with Gasteiger partial charge in [-0.1, -0.05) is 33.6 Å². The zero-order chi connectivity index (χ0) is 25.7. The molecule has 0 atom stereocenters. The van der Waals surface area contributed by atoms with Crippen LogP contribution in [0.1, 0.15) is 50.3 Å². The van der Waals surface area contributed by atoms with Crippen LogP contribution in [0.2, 0.25) is 0 Å². The lowest BCUT2D eigenvalue weighted by atomic mass is 9.96. The molecule has 2 amide bonds. The molecular formula is C26H21BrN4O4S. The van der Waals surface area contributed by atoms with Gasteiger partial charge in [0.05, 0.1) is 17.3 Å². The second-order valence-corrected chi connectivity index (χ2v) is 10.1. The minimum absolute atomic E-state index is 0.231. The summed E-state index contributed by atoms with van der Waals surface area (Å²) in [5.41, 5.74) is 5.38. The van der Waals surface area contributed by atoms with Gasteiger partial charge in [0.25, 0.3) is 0 Å². The van der Waals surface area contributed by atoms with Gasteiger partial charge in [0.15, 0.2) is 0 Å². The van der Waals surface area contributed by atoms with E-state index in [1.807, 2.05) is 19.1 Å². The number of amides is 2. The van der Waals surface area contributed by atoms with Gasteiger partial charge in [-0.3, -0.25) is 9.59 Å². The van der Waals surface area contributed by atoms with Crippen molar-refractivity contribution >= 4 is 56.3 Å². The number of esters is 1. The molecule has 182 valence electrons.